The predicted octanol–water partition coefficient (Wildman–Crippen LogP) is 4.86. The van der Waals surface area contributed by atoms with E-state index in [1.54, 1.807) is 13.3 Å². The van der Waals surface area contributed by atoms with Crippen molar-refractivity contribution in [3.63, 3.8) is 0 Å². The molecule has 2 heterocycles. The highest BCUT2D eigenvalue weighted by Crippen LogP contribution is 2.27. The number of rotatable bonds is 5. The number of methoxy groups -OCH3 is 1. The number of para-hydroxylation sites is 1. The van der Waals surface area contributed by atoms with Crippen LogP contribution in [0.4, 0.5) is 0 Å². The Kier molecular flexibility index (Phi) is 4.92. The molecule has 3 aromatic carbocycles. The van der Waals surface area contributed by atoms with Crippen LogP contribution in [0.3, 0.4) is 0 Å². The van der Waals surface area contributed by atoms with Crippen molar-refractivity contribution in [1.29, 1.82) is 0 Å². The van der Waals surface area contributed by atoms with Gasteiger partial charge in [-0.1, -0.05) is 54.6 Å². The number of aromatic nitrogens is 3. The number of benzene rings is 3. The first-order chi connectivity index (χ1) is 15.2. The molecule has 0 saturated heterocycles. The van der Waals surface area contributed by atoms with Gasteiger partial charge in [-0.15, -0.1) is 0 Å². The van der Waals surface area contributed by atoms with Crippen molar-refractivity contribution in [1.82, 2.24) is 14.8 Å². The monoisotopic (exact) mass is 407 g/mol. The summed E-state index contributed by atoms with van der Waals surface area (Å²) in [5.41, 5.74) is 3.67. The predicted molar refractivity (Wildman–Crippen MR) is 123 cm³/mol. The molecule has 0 aliphatic rings. The highest BCUT2D eigenvalue weighted by Gasteiger charge is 2.11. The molecular weight excluding hydrogens is 386 g/mol. The fraction of sp³-hybridized carbons (Fsp3) is 0.115. The Balaban J connectivity index is 1.50. The quantitative estimate of drug-likeness (QED) is 0.417. The summed E-state index contributed by atoms with van der Waals surface area (Å²) in [6.45, 7) is 0.469. The molecule has 152 valence electrons. The Morgan fingerprint density at radius 2 is 1.68 bits per heavy atom. The lowest BCUT2D eigenvalue weighted by atomic mass is 10.00. The van der Waals surface area contributed by atoms with Crippen LogP contribution in [0.2, 0.25) is 0 Å². The molecule has 0 aliphatic heterocycles. The Labute approximate surface area is 179 Å². The zero-order chi connectivity index (χ0) is 21.2. The maximum Gasteiger partial charge on any atom is 0.275 e. The van der Waals surface area contributed by atoms with Gasteiger partial charge in [0, 0.05) is 22.9 Å². The Hall–Kier alpha value is -3.99. The van der Waals surface area contributed by atoms with Gasteiger partial charge in [0.1, 0.15) is 5.75 Å². The molecule has 0 N–H and O–H groups in total. The summed E-state index contributed by atoms with van der Waals surface area (Å²) in [7, 11) is 1.64. The van der Waals surface area contributed by atoms with E-state index in [1.807, 2.05) is 72.8 Å². The van der Waals surface area contributed by atoms with Crippen molar-refractivity contribution >= 4 is 21.7 Å². The van der Waals surface area contributed by atoms with Crippen molar-refractivity contribution in [2.75, 3.05) is 7.11 Å². The van der Waals surface area contributed by atoms with E-state index in [4.69, 9.17) is 9.72 Å². The minimum Gasteiger partial charge on any atom is -0.497 e. The van der Waals surface area contributed by atoms with Gasteiger partial charge >= 0.3 is 0 Å². The zero-order valence-electron chi connectivity index (χ0n) is 17.2. The number of hydrogen-bond acceptors (Lipinski definition) is 4. The maximum atomic E-state index is 13.3. The first kappa shape index (κ1) is 19.0. The van der Waals surface area contributed by atoms with Gasteiger partial charge in [-0.2, -0.15) is 5.10 Å². The lowest BCUT2D eigenvalue weighted by Crippen LogP contribution is -2.24. The number of pyridine rings is 1. The van der Waals surface area contributed by atoms with E-state index in [0.717, 1.165) is 38.9 Å². The SMILES string of the molecule is COc1ccc(-c2cccc3cnn(CCc4ccc5ccccc5n4)c(=O)c23)cc1. The van der Waals surface area contributed by atoms with Crippen molar-refractivity contribution in [2.24, 2.45) is 0 Å². The van der Waals surface area contributed by atoms with E-state index < -0.39 is 0 Å². The molecule has 0 atom stereocenters. The molecule has 0 unspecified atom stereocenters. The molecule has 0 bridgehead atoms. The van der Waals surface area contributed by atoms with Gasteiger partial charge in [0.05, 0.1) is 30.8 Å². The average Bonchev–Trinajstić information content (AvgIpc) is 2.83. The van der Waals surface area contributed by atoms with Crippen LogP contribution in [0.15, 0.2) is 89.9 Å². The third-order valence-corrected chi connectivity index (χ3v) is 5.52. The first-order valence-electron chi connectivity index (χ1n) is 10.2. The van der Waals surface area contributed by atoms with Gasteiger partial charge in [0.2, 0.25) is 0 Å². The average molecular weight is 407 g/mol. The third-order valence-electron chi connectivity index (χ3n) is 5.52. The molecule has 31 heavy (non-hydrogen) atoms. The Bertz CT molecular complexity index is 1440. The van der Waals surface area contributed by atoms with Crippen LogP contribution in [0.1, 0.15) is 5.69 Å². The van der Waals surface area contributed by atoms with Crippen molar-refractivity contribution in [3.05, 3.63) is 101 Å². The molecule has 2 aromatic heterocycles. The van der Waals surface area contributed by atoms with E-state index in [9.17, 15) is 4.79 Å². The number of aryl methyl sites for hydroxylation is 2. The van der Waals surface area contributed by atoms with E-state index in [-0.39, 0.29) is 5.56 Å². The van der Waals surface area contributed by atoms with Crippen LogP contribution >= 0.6 is 0 Å². The summed E-state index contributed by atoms with van der Waals surface area (Å²) in [6, 6.07) is 25.7. The third kappa shape index (κ3) is 3.66. The van der Waals surface area contributed by atoms with Crippen molar-refractivity contribution in [3.8, 4) is 16.9 Å². The van der Waals surface area contributed by atoms with Crippen LogP contribution < -0.4 is 10.3 Å². The molecule has 5 rings (SSSR count). The minimum absolute atomic E-state index is 0.0929. The van der Waals surface area contributed by atoms with Gasteiger partial charge in [-0.3, -0.25) is 9.78 Å². The van der Waals surface area contributed by atoms with Crippen LogP contribution in [-0.4, -0.2) is 21.9 Å². The second-order valence-corrected chi connectivity index (χ2v) is 7.42. The summed E-state index contributed by atoms with van der Waals surface area (Å²) >= 11 is 0. The number of ether oxygens (including phenoxy) is 1. The zero-order valence-corrected chi connectivity index (χ0v) is 17.2. The summed E-state index contributed by atoms with van der Waals surface area (Å²) in [4.78, 5) is 18.0. The summed E-state index contributed by atoms with van der Waals surface area (Å²) in [5, 5.41) is 7.02. The Morgan fingerprint density at radius 1 is 0.871 bits per heavy atom. The molecule has 5 aromatic rings. The van der Waals surface area contributed by atoms with Gasteiger partial charge in [-0.25, -0.2) is 4.68 Å². The van der Waals surface area contributed by atoms with Crippen LogP contribution in [0, 0.1) is 0 Å². The summed E-state index contributed by atoms with van der Waals surface area (Å²) < 4.78 is 6.79. The first-order valence-corrected chi connectivity index (χ1v) is 10.2. The fourth-order valence-electron chi connectivity index (χ4n) is 3.87. The molecule has 0 aliphatic carbocycles. The van der Waals surface area contributed by atoms with E-state index >= 15 is 0 Å². The van der Waals surface area contributed by atoms with Gasteiger partial charge < -0.3 is 4.74 Å². The van der Waals surface area contributed by atoms with Crippen molar-refractivity contribution < 1.29 is 4.74 Å². The Morgan fingerprint density at radius 3 is 2.52 bits per heavy atom. The molecule has 5 heteroatoms. The molecule has 0 fully saturated rings. The van der Waals surface area contributed by atoms with Crippen LogP contribution in [-0.2, 0) is 13.0 Å². The van der Waals surface area contributed by atoms with Gasteiger partial charge in [0.15, 0.2) is 0 Å². The molecule has 0 radical (unpaired) electrons. The summed E-state index contributed by atoms with van der Waals surface area (Å²) in [6.07, 6.45) is 2.39. The van der Waals surface area contributed by atoms with Gasteiger partial charge in [0.25, 0.3) is 5.56 Å². The largest absolute Gasteiger partial charge is 0.497 e. The molecular formula is C26H21N3O2. The minimum atomic E-state index is -0.0929. The smallest absolute Gasteiger partial charge is 0.275 e. The molecule has 0 saturated carbocycles. The maximum absolute atomic E-state index is 13.3. The van der Waals surface area contributed by atoms with Crippen molar-refractivity contribution in [2.45, 2.75) is 13.0 Å². The molecule has 5 nitrogen and oxygen atoms in total. The second kappa shape index (κ2) is 8.03. The molecule has 0 spiro atoms. The highest BCUT2D eigenvalue weighted by atomic mass is 16.5. The van der Waals surface area contributed by atoms with Crippen LogP contribution in [0.25, 0.3) is 32.8 Å². The van der Waals surface area contributed by atoms with Gasteiger partial charge in [-0.05, 0) is 35.4 Å². The van der Waals surface area contributed by atoms with E-state index in [1.165, 1.54) is 4.68 Å². The molecule has 0 amide bonds. The second-order valence-electron chi connectivity index (χ2n) is 7.42. The van der Waals surface area contributed by atoms with E-state index in [0.29, 0.717) is 18.4 Å². The normalized spacial score (nSPS) is 11.1. The van der Waals surface area contributed by atoms with Crippen LogP contribution in [0.5, 0.6) is 5.75 Å². The number of nitrogens with zero attached hydrogens (tertiary/aromatic N) is 3. The lowest BCUT2D eigenvalue weighted by molar-refractivity contribution is 0.415. The fourth-order valence-corrected chi connectivity index (χ4v) is 3.87. The number of fused-ring (bicyclic) bond motifs is 2. The standard InChI is InChI=1S/C26H21N3O2/c1-31-22-13-10-18(11-14-22)23-7-4-6-20-17-27-29(26(30)25(20)23)16-15-21-12-9-19-5-2-3-8-24(19)28-21/h2-14,17H,15-16H2,1H3. The lowest BCUT2D eigenvalue weighted by Gasteiger charge is -2.10. The highest BCUT2D eigenvalue weighted by molar-refractivity contribution is 5.95. The number of hydrogen-bond donors (Lipinski definition) is 0. The topological polar surface area (TPSA) is 57.0 Å². The summed E-state index contributed by atoms with van der Waals surface area (Å²) in [5.74, 6) is 0.783. The van der Waals surface area contributed by atoms with E-state index in [2.05, 4.69) is 11.2 Å².